The summed E-state index contributed by atoms with van der Waals surface area (Å²) in [5.41, 5.74) is 7.64. The van der Waals surface area contributed by atoms with Gasteiger partial charge in [-0.2, -0.15) is 4.98 Å². The summed E-state index contributed by atoms with van der Waals surface area (Å²) in [6.07, 6.45) is 2.11. The van der Waals surface area contributed by atoms with Crippen molar-refractivity contribution in [2.24, 2.45) is 0 Å². The number of fused-ring (bicyclic) bond motifs is 1. The summed E-state index contributed by atoms with van der Waals surface area (Å²) >= 11 is 0. The zero-order valence-corrected chi connectivity index (χ0v) is 13.4. The second-order valence-electron chi connectivity index (χ2n) is 5.37. The number of benzene rings is 1. The number of aromatic nitrogens is 4. The van der Waals surface area contributed by atoms with Crippen LogP contribution in [0.15, 0.2) is 29.2 Å². The van der Waals surface area contributed by atoms with Gasteiger partial charge in [-0.15, -0.1) is 0 Å². The number of nitrogens with zero attached hydrogens (tertiary/aromatic N) is 3. The molecule has 9 heteroatoms. The summed E-state index contributed by atoms with van der Waals surface area (Å²) in [4.78, 5) is 37.7. The van der Waals surface area contributed by atoms with Gasteiger partial charge < -0.3 is 16.2 Å². The minimum absolute atomic E-state index is 0.0108. The first kappa shape index (κ1) is 16.4. The standard InChI is InChI=1S/C16H16N6O3/c1-2-8-5-9(3-4-11(8)15(24)25)18-6-10-7-19-13-12(20-10)14(23)22-16(17)21-13/h3-5,7,18H,2,6H2,1H3,(H,24,25)(H3,17,19,21,22,23). The Hall–Kier alpha value is -3.49. The second-order valence-corrected chi connectivity index (χ2v) is 5.37. The van der Waals surface area contributed by atoms with Gasteiger partial charge >= 0.3 is 5.97 Å². The number of H-pyrrole nitrogens is 1. The van der Waals surface area contributed by atoms with Gasteiger partial charge in [0, 0.05) is 5.69 Å². The number of aromatic amines is 1. The van der Waals surface area contributed by atoms with Gasteiger partial charge in [0.2, 0.25) is 5.95 Å². The van der Waals surface area contributed by atoms with Gasteiger partial charge in [0.05, 0.1) is 24.0 Å². The summed E-state index contributed by atoms with van der Waals surface area (Å²) in [5, 5.41) is 12.3. The van der Waals surface area contributed by atoms with Crippen molar-refractivity contribution in [1.29, 1.82) is 0 Å². The number of aromatic carboxylic acids is 1. The third kappa shape index (κ3) is 3.39. The first-order valence-electron chi connectivity index (χ1n) is 7.59. The maximum absolute atomic E-state index is 11.9. The molecule has 0 amide bonds. The molecule has 0 spiro atoms. The molecule has 2 heterocycles. The molecule has 2 aromatic heterocycles. The molecule has 0 aliphatic carbocycles. The van der Waals surface area contributed by atoms with Crippen molar-refractivity contribution in [2.75, 3.05) is 11.1 Å². The van der Waals surface area contributed by atoms with Crippen LogP contribution >= 0.6 is 0 Å². The number of nitrogens with one attached hydrogen (secondary N) is 2. The van der Waals surface area contributed by atoms with E-state index >= 15 is 0 Å². The van der Waals surface area contributed by atoms with Gasteiger partial charge in [0.1, 0.15) is 0 Å². The summed E-state index contributed by atoms with van der Waals surface area (Å²) in [7, 11) is 0. The topological polar surface area (TPSA) is 147 Å². The highest BCUT2D eigenvalue weighted by atomic mass is 16.4. The molecule has 0 atom stereocenters. The van der Waals surface area contributed by atoms with Crippen molar-refractivity contribution in [2.45, 2.75) is 19.9 Å². The Kier molecular flexibility index (Phi) is 4.29. The van der Waals surface area contributed by atoms with E-state index < -0.39 is 11.5 Å². The molecule has 5 N–H and O–H groups in total. The van der Waals surface area contributed by atoms with Crippen molar-refractivity contribution in [1.82, 2.24) is 19.9 Å². The smallest absolute Gasteiger partial charge is 0.335 e. The minimum Gasteiger partial charge on any atom is -0.478 e. The fourth-order valence-electron chi connectivity index (χ4n) is 2.45. The van der Waals surface area contributed by atoms with Crippen LogP contribution in [0.25, 0.3) is 11.2 Å². The fourth-order valence-corrected chi connectivity index (χ4v) is 2.45. The van der Waals surface area contributed by atoms with E-state index in [4.69, 9.17) is 10.8 Å². The highest BCUT2D eigenvalue weighted by molar-refractivity contribution is 5.90. The van der Waals surface area contributed by atoms with Crippen LogP contribution in [0.4, 0.5) is 11.6 Å². The molecule has 25 heavy (non-hydrogen) atoms. The highest BCUT2D eigenvalue weighted by Gasteiger charge is 2.10. The van der Waals surface area contributed by atoms with Crippen LogP contribution in [0, 0.1) is 0 Å². The number of rotatable bonds is 5. The maximum Gasteiger partial charge on any atom is 0.335 e. The second kappa shape index (κ2) is 6.56. The minimum atomic E-state index is -0.949. The molecule has 0 saturated heterocycles. The maximum atomic E-state index is 11.9. The zero-order chi connectivity index (χ0) is 18.0. The number of nitrogens with two attached hydrogens (primary N) is 1. The van der Waals surface area contributed by atoms with Gasteiger partial charge in [0.15, 0.2) is 11.2 Å². The molecule has 3 rings (SSSR count). The lowest BCUT2D eigenvalue weighted by atomic mass is 10.0. The first-order valence-corrected chi connectivity index (χ1v) is 7.59. The van der Waals surface area contributed by atoms with Crippen molar-refractivity contribution in [3.05, 3.63) is 51.6 Å². The Labute approximate surface area is 142 Å². The quantitative estimate of drug-likeness (QED) is 0.541. The summed E-state index contributed by atoms with van der Waals surface area (Å²) in [6, 6.07) is 5.03. The van der Waals surface area contributed by atoms with Crippen molar-refractivity contribution in [3.8, 4) is 0 Å². The number of hydrogen-bond acceptors (Lipinski definition) is 7. The summed E-state index contributed by atoms with van der Waals surface area (Å²) in [5.74, 6) is -0.960. The van der Waals surface area contributed by atoms with Gasteiger partial charge in [-0.3, -0.25) is 9.78 Å². The molecular formula is C16H16N6O3. The molecule has 3 aromatic rings. The molecule has 0 saturated carbocycles. The molecule has 0 aliphatic heterocycles. The van der Waals surface area contributed by atoms with Crippen LogP contribution in [0.5, 0.6) is 0 Å². The number of nitrogen functional groups attached to an aromatic ring is 1. The predicted octanol–water partition coefficient (Wildman–Crippen LogP) is 1.17. The van der Waals surface area contributed by atoms with Gasteiger partial charge in [-0.25, -0.2) is 14.8 Å². The Bertz CT molecular complexity index is 1010. The van der Waals surface area contributed by atoms with E-state index in [0.717, 1.165) is 11.3 Å². The van der Waals surface area contributed by atoms with E-state index in [1.807, 2.05) is 6.92 Å². The molecule has 0 unspecified atom stereocenters. The normalized spacial score (nSPS) is 10.8. The van der Waals surface area contributed by atoms with Gasteiger partial charge in [-0.05, 0) is 30.2 Å². The average Bonchev–Trinajstić information content (AvgIpc) is 2.59. The van der Waals surface area contributed by atoms with Crippen molar-refractivity contribution >= 4 is 28.8 Å². The Morgan fingerprint density at radius 2 is 2.16 bits per heavy atom. The average molecular weight is 340 g/mol. The fraction of sp³-hybridized carbons (Fsp3) is 0.188. The van der Waals surface area contributed by atoms with E-state index in [1.165, 1.54) is 6.20 Å². The summed E-state index contributed by atoms with van der Waals surface area (Å²) in [6.45, 7) is 2.22. The van der Waals surface area contributed by atoms with Crippen LogP contribution in [0.1, 0.15) is 28.5 Å². The molecule has 0 aliphatic rings. The highest BCUT2D eigenvalue weighted by Crippen LogP contribution is 2.17. The molecule has 1 aromatic carbocycles. The number of anilines is 2. The largest absolute Gasteiger partial charge is 0.478 e. The molecular weight excluding hydrogens is 324 g/mol. The molecule has 0 bridgehead atoms. The lowest BCUT2D eigenvalue weighted by Crippen LogP contribution is -2.15. The number of carboxylic acids is 1. The molecule has 0 fully saturated rings. The number of carbonyl (C=O) groups is 1. The Morgan fingerprint density at radius 1 is 1.36 bits per heavy atom. The van der Waals surface area contributed by atoms with Crippen molar-refractivity contribution in [3.63, 3.8) is 0 Å². The van der Waals surface area contributed by atoms with Gasteiger partial charge in [0.25, 0.3) is 5.56 Å². The van der Waals surface area contributed by atoms with E-state index in [-0.39, 0.29) is 22.7 Å². The first-order chi connectivity index (χ1) is 12.0. The van der Waals surface area contributed by atoms with Crippen LogP contribution < -0.4 is 16.6 Å². The molecule has 0 radical (unpaired) electrons. The van der Waals surface area contributed by atoms with Crippen LogP contribution in [0.3, 0.4) is 0 Å². The lowest BCUT2D eigenvalue weighted by molar-refractivity contribution is 0.0696. The van der Waals surface area contributed by atoms with Crippen LogP contribution in [0.2, 0.25) is 0 Å². The lowest BCUT2D eigenvalue weighted by Gasteiger charge is -2.10. The number of aryl methyl sites for hydroxylation is 1. The summed E-state index contributed by atoms with van der Waals surface area (Å²) < 4.78 is 0. The van der Waals surface area contributed by atoms with E-state index in [0.29, 0.717) is 18.7 Å². The van der Waals surface area contributed by atoms with Crippen molar-refractivity contribution < 1.29 is 9.90 Å². The van der Waals surface area contributed by atoms with Gasteiger partial charge in [-0.1, -0.05) is 6.92 Å². The monoisotopic (exact) mass is 340 g/mol. The number of carboxylic acid groups (broad SMARTS) is 1. The predicted molar refractivity (Wildman–Crippen MR) is 92.5 cm³/mol. The Balaban J connectivity index is 1.83. The van der Waals surface area contributed by atoms with Crippen LogP contribution in [-0.2, 0) is 13.0 Å². The third-order valence-electron chi connectivity index (χ3n) is 3.68. The van der Waals surface area contributed by atoms with E-state index in [2.05, 4.69) is 25.3 Å². The zero-order valence-electron chi connectivity index (χ0n) is 13.4. The third-order valence-corrected chi connectivity index (χ3v) is 3.68. The van der Waals surface area contributed by atoms with E-state index in [9.17, 15) is 9.59 Å². The Morgan fingerprint density at radius 3 is 2.88 bits per heavy atom. The molecule has 9 nitrogen and oxygen atoms in total. The van der Waals surface area contributed by atoms with Crippen LogP contribution in [-0.4, -0.2) is 31.0 Å². The van der Waals surface area contributed by atoms with E-state index in [1.54, 1.807) is 18.2 Å². The SMILES string of the molecule is CCc1cc(NCc2cnc3nc(N)[nH]c(=O)c3n2)ccc1C(=O)O. The molecule has 128 valence electrons. The number of hydrogen-bond donors (Lipinski definition) is 4.